The van der Waals surface area contributed by atoms with E-state index in [9.17, 15) is 13.2 Å². The van der Waals surface area contributed by atoms with Gasteiger partial charge >= 0.3 is 0 Å². The summed E-state index contributed by atoms with van der Waals surface area (Å²) in [6.07, 6.45) is 3.78. The Morgan fingerprint density at radius 3 is 2.32 bits per heavy atom. The molecule has 174 valence electrons. The van der Waals surface area contributed by atoms with E-state index < -0.39 is 17.0 Å². The number of alkyl halides is 2. The summed E-state index contributed by atoms with van der Waals surface area (Å²) in [6.45, 7) is 10.3. The zero-order valence-electron chi connectivity index (χ0n) is 18.8. The van der Waals surface area contributed by atoms with Gasteiger partial charge in [-0.3, -0.25) is 0 Å². The normalized spacial score (nSPS) is 10.4. The number of carbonyl (C=O) groups excluding carboxylic acids is 1. The van der Waals surface area contributed by atoms with Crippen LogP contribution in [0.2, 0.25) is 0 Å². The fraction of sp³-hybridized carbons (Fsp3) is 0.455. The quantitative estimate of drug-likeness (QED) is 0.427. The summed E-state index contributed by atoms with van der Waals surface area (Å²) in [5.41, 5.74) is -3.36. The Bertz CT molecular complexity index is 787. The van der Waals surface area contributed by atoms with Crippen LogP contribution in [0.15, 0.2) is 36.5 Å². The van der Waals surface area contributed by atoms with Crippen molar-refractivity contribution in [3.8, 4) is 0 Å². The smallest absolute Gasteiger partial charge is 0.286 e. The van der Waals surface area contributed by atoms with E-state index in [4.69, 9.17) is 4.79 Å². The van der Waals surface area contributed by atoms with Gasteiger partial charge in [0.25, 0.3) is 5.66 Å². The number of benzene rings is 1. The summed E-state index contributed by atoms with van der Waals surface area (Å²) in [4.78, 5) is 15.6. The molecule has 9 heteroatoms. The Balaban J connectivity index is 0.000000519. The first-order valence-corrected chi connectivity index (χ1v) is 11.2. The third kappa shape index (κ3) is 11.5. The Labute approximate surface area is 188 Å². The van der Waals surface area contributed by atoms with Crippen molar-refractivity contribution in [3.05, 3.63) is 47.9 Å². The number of aldehydes is 1. The average molecular weight is 475 g/mol. The summed E-state index contributed by atoms with van der Waals surface area (Å²) in [7, 11) is 5.65. The van der Waals surface area contributed by atoms with Crippen LogP contribution in [-0.4, -0.2) is 31.4 Å². The average Bonchev–Trinajstić information content (AvgIpc) is 2.68. The van der Waals surface area contributed by atoms with E-state index in [2.05, 4.69) is 51.3 Å². The Hall–Kier alpha value is -1.71. The van der Waals surface area contributed by atoms with Crippen LogP contribution in [0.3, 0.4) is 0 Å². The molecule has 0 spiro atoms. The molecule has 0 aliphatic heterocycles. The van der Waals surface area contributed by atoms with Gasteiger partial charge in [-0.05, 0) is 49.6 Å². The van der Waals surface area contributed by atoms with E-state index in [1.807, 2.05) is 12.3 Å². The largest absolute Gasteiger partial charge is 0.388 e. The number of hydrogen-bond donors (Lipinski definition) is 1. The molecule has 1 N–H and O–H groups in total. The van der Waals surface area contributed by atoms with Gasteiger partial charge in [0.2, 0.25) is 0 Å². The molecule has 2 rings (SSSR count). The fourth-order valence-corrected chi connectivity index (χ4v) is 3.21. The molecule has 0 aliphatic rings. The molecule has 1 aromatic heterocycles. The molecule has 0 amide bonds. The van der Waals surface area contributed by atoms with Crippen LogP contribution in [0.4, 0.5) is 24.7 Å². The lowest BCUT2D eigenvalue weighted by atomic mass is 10.2. The first-order chi connectivity index (χ1) is 14.5. The number of rotatable bonds is 7. The third-order valence-electron chi connectivity index (χ3n) is 3.81. The Morgan fingerprint density at radius 1 is 1.29 bits per heavy atom. The summed E-state index contributed by atoms with van der Waals surface area (Å²) < 4.78 is 38.3. The van der Waals surface area contributed by atoms with Gasteiger partial charge in [0.1, 0.15) is 17.9 Å². The lowest BCUT2D eigenvalue weighted by Crippen LogP contribution is -2.31. The molecule has 4 nitrogen and oxygen atoms in total. The topological polar surface area (TPSA) is 45.2 Å². The fourth-order valence-electron chi connectivity index (χ4n) is 2.61. The monoisotopic (exact) mass is 475 g/mol. The van der Waals surface area contributed by atoms with Crippen molar-refractivity contribution in [2.45, 2.75) is 39.8 Å². The number of pyridine rings is 1. The molecule has 1 aromatic carbocycles. The zero-order chi connectivity index (χ0) is 24.0. The molecule has 0 bridgehead atoms. The Kier molecular flexibility index (Phi) is 14.3. The summed E-state index contributed by atoms with van der Waals surface area (Å²) >= 11 is 0. The van der Waals surface area contributed by atoms with Crippen LogP contribution in [0.5, 0.6) is 0 Å². The van der Waals surface area contributed by atoms with E-state index in [1.165, 1.54) is 27.5 Å². The molecular weight excluding hydrogens is 441 g/mol. The van der Waals surface area contributed by atoms with Crippen LogP contribution in [0.1, 0.15) is 39.7 Å². The molecule has 2 atom stereocenters. The molecule has 0 saturated carbocycles. The Morgan fingerprint density at radius 2 is 1.90 bits per heavy atom. The van der Waals surface area contributed by atoms with E-state index in [-0.39, 0.29) is 0 Å². The number of aromatic nitrogens is 1. The van der Waals surface area contributed by atoms with E-state index in [1.54, 1.807) is 7.05 Å². The molecule has 0 saturated heterocycles. The van der Waals surface area contributed by atoms with Crippen molar-refractivity contribution >= 4 is 41.6 Å². The standard InChI is InChI=1S/C12H21N2P.C8H9F3NP.C2H4O/c1-4-8-14(9-10(2)3)12-11(15)6-5-7-13-12;1-12-5-2-3-6(7(9)4-5)8(10,11)13;1-2-3/h5-7,10H,4,8-9,15H2,1-3H3;2-4,12H,13H2,1H3;2H,1H3. The maximum Gasteiger partial charge on any atom is 0.286 e. The lowest BCUT2D eigenvalue weighted by Gasteiger charge is -2.26. The van der Waals surface area contributed by atoms with Crippen molar-refractivity contribution in [1.82, 2.24) is 4.98 Å². The van der Waals surface area contributed by atoms with E-state index in [0.29, 0.717) is 11.6 Å². The number of hydrogen-bond acceptors (Lipinski definition) is 4. The minimum Gasteiger partial charge on any atom is -0.388 e. The predicted octanol–water partition coefficient (Wildman–Crippen LogP) is 5.45. The molecule has 2 unspecified atom stereocenters. The number of nitrogens with zero attached hydrogens (tertiary/aromatic N) is 2. The highest BCUT2D eigenvalue weighted by Crippen LogP contribution is 2.36. The summed E-state index contributed by atoms with van der Waals surface area (Å²) in [5.74, 6) is 0.868. The number of anilines is 2. The van der Waals surface area contributed by atoms with Gasteiger partial charge in [0, 0.05) is 37.3 Å². The zero-order valence-corrected chi connectivity index (χ0v) is 21.1. The van der Waals surface area contributed by atoms with Crippen LogP contribution in [-0.2, 0) is 10.5 Å². The predicted molar refractivity (Wildman–Crippen MR) is 132 cm³/mol. The summed E-state index contributed by atoms with van der Waals surface area (Å²) in [6, 6.07) is 7.57. The maximum absolute atomic E-state index is 13.0. The van der Waals surface area contributed by atoms with E-state index in [0.717, 1.165) is 43.7 Å². The first kappa shape index (κ1) is 29.3. The highest BCUT2D eigenvalue weighted by molar-refractivity contribution is 7.28. The maximum atomic E-state index is 13.0. The molecule has 1 heterocycles. The number of carbonyl (C=O) groups is 1. The molecular formula is C22H34F3N3OP2. The summed E-state index contributed by atoms with van der Waals surface area (Å²) in [5, 5.41) is 3.84. The molecule has 2 aromatic rings. The molecule has 0 aliphatic carbocycles. The van der Waals surface area contributed by atoms with Crippen LogP contribution in [0.25, 0.3) is 0 Å². The van der Waals surface area contributed by atoms with Crippen molar-refractivity contribution in [3.63, 3.8) is 0 Å². The van der Waals surface area contributed by atoms with Gasteiger partial charge in [0.05, 0.1) is 5.56 Å². The second kappa shape index (κ2) is 15.2. The third-order valence-corrected chi connectivity index (χ3v) is 4.57. The highest BCUT2D eigenvalue weighted by Gasteiger charge is 2.28. The first-order valence-electron chi connectivity index (χ1n) is 10.0. The molecule has 31 heavy (non-hydrogen) atoms. The highest BCUT2D eigenvalue weighted by atomic mass is 31.0. The SMILES string of the molecule is CC=O.CCCN(CC(C)C)c1ncccc1P.CNc1ccc(C(F)(F)P)c(F)c1. The van der Waals surface area contributed by atoms with Crippen molar-refractivity contribution < 1.29 is 18.0 Å². The second-order valence-electron chi connectivity index (χ2n) is 7.06. The second-order valence-corrected chi connectivity index (χ2v) is 8.41. The molecule has 0 fully saturated rings. The van der Waals surface area contributed by atoms with Crippen molar-refractivity contribution in [2.75, 3.05) is 30.4 Å². The van der Waals surface area contributed by atoms with Crippen LogP contribution >= 0.6 is 18.5 Å². The van der Waals surface area contributed by atoms with Crippen LogP contribution in [0, 0.1) is 11.7 Å². The lowest BCUT2D eigenvalue weighted by molar-refractivity contribution is -0.106. The molecule has 0 radical (unpaired) electrons. The van der Waals surface area contributed by atoms with Gasteiger partial charge in [-0.25, -0.2) is 9.37 Å². The van der Waals surface area contributed by atoms with Gasteiger partial charge < -0.3 is 15.0 Å². The van der Waals surface area contributed by atoms with Crippen molar-refractivity contribution in [1.29, 1.82) is 0 Å². The van der Waals surface area contributed by atoms with Gasteiger partial charge in [-0.1, -0.05) is 30.0 Å². The van der Waals surface area contributed by atoms with Gasteiger partial charge in [-0.2, -0.15) is 8.78 Å². The minimum absolute atomic E-state index is 0.468. The van der Waals surface area contributed by atoms with Crippen molar-refractivity contribution in [2.24, 2.45) is 5.92 Å². The van der Waals surface area contributed by atoms with Crippen LogP contribution < -0.4 is 15.5 Å². The number of halogens is 3. The number of nitrogens with one attached hydrogen (secondary N) is 1. The minimum atomic E-state index is -3.21. The van der Waals surface area contributed by atoms with E-state index >= 15 is 0 Å². The van der Waals surface area contributed by atoms with Gasteiger partial charge in [-0.15, -0.1) is 9.24 Å². The van der Waals surface area contributed by atoms with Gasteiger partial charge in [0.15, 0.2) is 0 Å².